The molecule has 6 unspecified atom stereocenters. The van der Waals surface area contributed by atoms with Crippen LogP contribution < -0.4 is 0 Å². The Morgan fingerprint density at radius 2 is 0.568 bits per heavy atom. The minimum atomic E-state index is -1.76. The fourth-order valence-corrected chi connectivity index (χ4v) is 4.32. The van der Waals surface area contributed by atoms with Crippen LogP contribution in [0, 0.1) is 17.8 Å². The number of hydrogen-bond donors (Lipinski definition) is 6. The van der Waals surface area contributed by atoms with E-state index < -0.39 is 59.2 Å². The van der Waals surface area contributed by atoms with Crippen molar-refractivity contribution in [1.29, 1.82) is 0 Å². The van der Waals surface area contributed by atoms with Gasteiger partial charge in [-0.25, -0.2) is 0 Å². The molecule has 9 nitrogen and oxygen atoms in total. The molecule has 6 N–H and O–H groups in total. The second kappa shape index (κ2) is 12.1. The van der Waals surface area contributed by atoms with E-state index in [0.29, 0.717) is 0 Å². The van der Waals surface area contributed by atoms with Crippen LogP contribution in [0.3, 0.4) is 0 Å². The Morgan fingerprint density at radius 1 is 0.405 bits per heavy atom. The van der Waals surface area contributed by atoms with Crippen LogP contribution in [0.25, 0.3) is 0 Å². The van der Waals surface area contributed by atoms with Gasteiger partial charge in [-0.05, 0) is 80.1 Å². The smallest absolute Gasteiger partial charge is 0.387 e. The standard InChI is InChI=1S/C27H57BO9/c1-16(2)19(25(13,32)22(7,8)29)35-28(36-20(17(3)4)26(14,33)23(9,10)30)37-21(18(5)6)27(15,34)24(11,12)31/h16-21,29-34H,1-15H3. The Bertz CT molecular complexity index is 603. The summed E-state index contributed by atoms with van der Waals surface area (Å²) in [5, 5.41) is 66.2. The molecule has 0 aromatic heterocycles. The molecule has 0 amide bonds. The molecule has 0 aliphatic rings. The Balaban J connectivity index is 6.82. The van der Waals surface area contributed by atoms with Crippen LogP contribution in [-0.2, 0) is 14.0 Å². The molecule has 0 rings (SSSR count). The average molecular weight is 537 g/mol. The van der Waals surface area contributed by atoms with Crippen LogP contribution >= 0.6 is 0 Å². The lowest BCUT2D eigenvalue weighted by Crippen LogP contribution is -2.64. The van der Waals surface area contributed by atoms with E-state index in [0.717, 1.165) is 0 Å². The predicted molar refractivity (Wildman–Crippen MR) is 146 cm³/mol. The molecule has 0 bridgehead atoms. The van der Waals surface area contributed by atoms with Crippen molar-refractivity contribution in [3.63, 3.8) is 0 Å². The van der Waals surface area contributed by atoms with Crippen LogP contribution in [0.5, 0.6) is 0 Å². The van der Waals surface area contributed by atoms with Crippen LogP contribution in [0.2, 0.25) is 0 Å². The second-order valence-corrected chi connectivity index (χ2v) is 13.8. The van der Waals surface area contributed by atoms with Crippen molar-refractivity contribution in [2.24, 2.45) is 17.8 Å². The van der Waals surface area contributed by atoms with E-state index >= 15 is 0 Å². The highest BCUT2D eigenvalue weighted by molar-refractivity contribution is 6.36. The summed E-state index contributed by atoms with van der Waals surface area (Å²) in [6.07, 6.45) is -3.05. The first-order valence-corrected chi connectivity index (χ1v) is 13.3. The van der Waals surface area contributed by atoms with Crippen molar-refractivity contribution in [2.45, 2.75) is 156 Å². The summed E-state index contributed by atoms with van der Waals surface area (Å²) in [6.45, 7) is 24.0. The summed E-state index contributed by atoms with van der Waals surface area (Å²) in [6, 6.07) is 0. The third kappa shape index (κ3) is 8.59. The van der Waals surface area contributed by atoms with Gasteiger partial charge >= 0.3 is 7.32 Å². The molecule has 0 aromatic rings. The molecular weight excluding hydrogens is 479 g/mol. The molecule has 0 aromatic carbocycles. The van der Waals surface area contributed by atoms with E-state index in [1.165, 1.54) is 62.3 Å². The summed E-state index contributed by atoms with van der Waals surface area (Å²) in [5.74, 6) is -0.970. The van der Waals surface area contributed by atoms with Gasteiger partial charge in [0.05, 0.1) is 35.1 Å². The number of rotatable bonds is 15. The zero-order chi connectivity index (χ0) is 30.2. The Labute approximate surface area is 225 Å². The molecule has 0 aliphatic carbocycles. The van der Waals surface area contributed by atoms with Gasteiger partial charge in [-0.15, -0.1) is 0 Å². The van der Waals surface area contributed by atoms with Gasteiger partial charge in [0.2, 0.25) is 0 Å². The van der Waals surface area contributed by atoms with Crippen LogP contribution in [0.4, 0.5) is 0 Å². The number of hydrogen-bond acceptors (Lipinski definition) is 9. The topological polar surface area (TPSA) is 149 Å². The lowest BCUT2D eigenvalue weighted by Gasteiger charge is -2.48. The molecule has 222 valence electrons. The zero-order valence-electron chi connectivity index (χ0n) is 25.9. The quantitative estimate of drug-likeness (QED) is 0.174. The first-order valence-electron chi connectivity index (χ1n) is 13.3. The van der Waals surface area contributed by atoms with Crippen LogP contribution in [-0.4, -0.2) is 89.9 Å². The van der Waals surface area contributed by atoms with Crippen molar-refractivity contribution in [1.82, 2.24) is 0 Å². The normalized spacial score (nSPS) is 21.4. The van der Waals surface area contributed by atoms with Gasteiger partial charge in [0.15, 0.2) is 0 Å². The molecule has 0 saturated heterocycles. The van der Waals surface area contributed by atoms with E-state index in [9.17, 15) is 30.6 Å². The van der Waals surface area contributed by atoms with E-state index in [1.54, 1.807) is 0 Å². The molecule has 10 heteroatoms. The highest BCUT2D eigenvalue weighted by Crippen LogP contribution is 2.37. The fraction of sp³-hybridized carbons (Fsp3) is 1.00. The van der Waals surface area contributed by atoms with Gasteiger partial charge in [-0.1, -0.05) is 41.5 Å². The molecule has 0 aliphatic heterocycles. The van der Waals surface area contributed by atoms with E-state index in [-0.39, 0.29) is 17.8 Å². The van der Waals surface area contributed by atoms with E-state index in [4.69, 9.17) is 14.0 Å². The summed E-state index contributed by atoms with van der Waals surface area (Å²) >= 11 is 0. The molecule has 37 heavy (non-hydrogen) atoms. The van der Waals surface area contributed by atoms with Gasteiger partial charge < -0.3 is 44.6 Å². The second-order valence-electron chi connectivity index (χ2n) is 13.8. The molecule has 0 radical (unpaired) electrons. The van der Waals surface area contributed by atoms with Crippen molar-refractivity contribution < 1.29 is 44.6 Å². The summed E-state index contributed by atoms with van der Waals surface area (Å²) in [7, 11) is -1.57. The highest BCUT2D eigenvalue weighted by atomic mass is 16.8. The van der Waals surface area contributed by atoms with E-state index in [2.05, 4.69) is 0 Å². The molecular formula is C27H57BO9. The summed E-state index contributed by atoms with van der Waals surface area (Å²) in [5.41, 5.74) is -9.99. The van der Waals surface area contributed by atoms with Crippen molar-refractivity contribution >= 4 is 7.32 Å². The zero-order valence-corrected chi connectivity index (χ0v) is 25.9. The minimum Gasteiger partial charge on any atom is -0.387 e. The summed E-state index contributed by atoms with van der Waals surface area (Å²) in [4.78, 5) is 0. The first kappa shape index (κ1) is 36.7. The van der Waals surface area contributed by atoms with Gasteiger partial charge in [-0.3, -0.25) is 0 Å². The summed E-state index contributed by atoms with van der Waals surface area (Å²) < 4.78 is 18.7. The molecule has 0 fully saturated rings. The predicted octanol–water partition coefficient (Wildman–Crippen LogP) is 2.66. The average Bonchev–Trinajstić information content (AvgIpc) is 2.62. The van der Waals surface area contributed by atoms with Gasteiger partial charge in [0, 0.05) is 0 Å². The van der Waals surface area contributed by atoms with Gasteiger partial charge in [0.1, 0.15) is 16.8 Å². The Morgan fingerprint density at radius 3 is 0.676 bits per heavy atom. The van der Waals surface area contributed by atoms with Gasteiger partial charge in [0.25, 0.3) is 0 Å². The monoisotopic (exact) mass is 536 g/mol. The largest absolute Gasteiger partial charge is 0.640 e. The lowest BCUT2D eigenvalue weighted by molar-refractivity contribution is -0.221. The molecule has 0 spiro atoms. The lowest BCUT2D eigenvalue weighted by atomic mass is 9.76. The molecule has 6 atom stereocenters. The van der Waals surface area contributed by atoms with Crippen LogP contribution in [0.1, 0.15) is 104 Å². The Hall–Kier alpha value is -0.295. The SMILES string of the molecule is CC(C)C(OB(OC(C(C)C)C(C)(O)C(C)(C)O)OC(C(C)C)C(C)(O)C(C)(C)O)C(C)(O)C(C)(C)O. The first-order chi connectivity index (χ1) is 16.0. The van der Waals surface area contributed by atoms with Crippen molar-refractivity contribution in [2.75, 3.05) is 0 Å². The fourth-order valence-electron chi connectivity index (χ4n) is 4.32. The maximum absolute atomic E-state index is 11.3. The highest BCUT2D eigenvalue weighted by Gasteiger charge is 2.55. The Kier molecular flexibility index (Phi) is 12.0. The van der Waals surface area contributed by atoms with Gasteiger partial charge in [-0.2, -0.15) is 0 Å². The third-order valence-corrected chi connectivity index (χ3v) is 7.97. The number of aliphatic hydroxyl groups is 6. The maximum atomic E-state index is 11.3. The van der Waals surface area contributed by atoms with Crippen molar-refractivity contribution in [3.8, 4) is 0 Å². The van der Waals surface area contributed by atoms with Crippen molar-refractivity contribution in [3.05, 3.63) is 0 Å². The third-order valence-electron chi connectivity index (χ3n) is 7.97. The minimum absolute atomic E-state index is 0.323. The van der Waals surface area contributed by atoms with Crippen LogP contribution in [0.15, 0.2) is 0 Å². The maximum Gasteiger partial charge on any atom is 0.640 e. The molecule has 0 heterocycles. The molecule has 0 saturated carbocycles. The van der Waals surface area contributed by atoms with E-state index in [1.807, 2.05) is 41.5 Å².